The van der Waals surface area contributed by atoms with Crippen molar-refractivity contribution >= 4 is 29.0 Å². The summed E-state index contributed by atoms with van der Waals surface area (Å²) in [5, 5.41) is 3.52. The number of nitrogens with zero attached hydrogens (tertiary/aromatic N) is 1. The first kappa shape index (κ1) is 17.2. The molecule has 4 aromatic rings. The van der Waals surface area contributed by atoms with E-state index in [2.05, 4.69) is 10.3 Å². The number of benzene rings is 2. The van der Waals surface area contributed by atoms with Crippen LogP contribution in [0.4, 0.5) is 10.2 Å². The molecule has 0 unspecified atom stereocenters. The van der Waals surface area contributed by atoms with E-state index in [4.69, 9.17) is 11.6 Å². The van der Waals surface area contributed by atoms with Crippen molar-refractivity contribution in [2.45, 2.75) is 6.92 Å². The highest BCUT2D eigenvalue weighted by molar-refractivity contribution is 6.30. The number of fused-ring (bicyclic) bond motifs is 1. The van der Waals surface area contributed by atoms with Crippen LogP contribution in [-0.2, 0) is 0 Å². The van der Waals surface area contributed by atoms with Crippen molar-refractivity contribution in [2.75, 3.05) is 5.32 Å². The third kappa shape index (κ3) is 3.41. The van der Waals surface area contributed by atoms with Crippen LogP contribution in [0.25, 0.3) is 16.9 Å². The van der Waals surface area contributed by atoms with E-state index >= 15 is 0 Å². The second kappa shape index (κ2) is 6.85. The molecule has 1 amide bonds. The number of hydrogen-bond acceptors (Lipinski definition) is 1. The quantitative estimate of drug-likeness (QED) is 0.494. The predicted octanol–water partition coefficient (Wildman–Crippen LogP) is 4.77. The molecule has 0 spiro atoms. The van der Waals surface area contributed by atoms with Crippen LogP contribution in [0, 0.1) is 12.7 Å². The van der Waals surface area contributed by atoms with E-state index in [1.807, 2.05) is 29.7 Å². The Kier molecular flexibility index (Phi) is 4.38. The normalized spacial score (nSPS) is 10.9. The van der Waals surface area contributed by atoms with Crippen molar-refractivity contribution in [3.05, 3.63) is 88.8 Å². The zero-order valence-electron chi connectivity index (χ0n) is 14.5. The second-order valence-electron chi connectivity index (χ2n) is 6.28. The van der Waals surface area contributed by atoms with Crippen molar-refractivity contribution < 1.29 is 13.6 Å². The van der Waals surface area contributed by atoms with E-state index < -0.39 is 0 Å². The number of H-pyrrole nitrogens is 1. The molecule has 2 aromatic carbocycles. The monoisotopic (exact) mass is 380 g/mol. The van der Waals surface area contributed by atoms with Gasteiger partial charge in [0.25, 0.3) is 5.82 Å². The molecule has 2 N–H and O–H groups in total. The number of aromatic amines is 1. The Hall–Kier alpha value is -3.18. The molecule has 2 heterocycles. The SMILES string of the molecule is Cc1cc[n+]2c(NC(=O)c3ccc(Cl)cc3)c(-c3ccc(F)cc3)[nH]c2c1. The van der Waals surface area contributed by atoms with Crippen LogP contribution in [-0.4, -0.2) is 10.9 Å². The van der Waals surface area contributed by atoms with Crippen LogP contribution < -0.4 is 9.72 Å². The third-order valence-electron chi connectivity index (χ3n) is 4.31. The molecule has 0 fully saturated rings. The standard InChI is InChI=1S/C21H15ClFN3O/c1-13-10-11-26-18(12-13)24-19(14-4-8-17(23)9-5-14)20(26)25-21(27)15-2-6-16(22)7-3-15/h2-12H,1H3,(H,25,27)/p+1. The van der Waals surface area contributed by atoms with Gasteiger partial charge in [-0.25, -0.2) is 14.1 Å². The Morgan fingerprint density at radius 1 is 1.07 bits per heavy atom. The van der Waals surface area contributed by atoms with Gasteiger partial charge in [0.2, 0.25) is 5.65 Å². The molecule has 4 nitrogen and oxygen atoms in total. The highest BCUT2D eigenvalue weighted by Crippen LogP contribution is 2.26. The molecule has 0 bridgehead atoms. The van der Waals surface area contributed by atoms with Gasteiger partial charge in [-0.15, -0.1) is 0 Å². The summed E-state index contributed by atoms with van der Waals surface area (Å²) >= 11 is 5.90. The number of carbonyl (C=O) groups is 1. The summed E-state index contributed by atoms with van der Waals surface area (Å²) in [6.07, 6.45) is 1.88. The summed E-state index contributed by atoms with van der Waals surface area (Å²) < 4.78 is 15.2. The minimum atomic E-state index is -0.315. The van der Waals surface area contributed by atoms with Gasteiger partial charge in [-0.2, -0.15) is 0 Å². The maximum atomic E-state index is 13.3. The lowest BCUT2D eigenvalue weighted by Gasteiger charge is -2.03. The molecule has 0 aliphatic carbocycles. The van der Waals surface area contributed by atoms with Gasteiger partial charge >= 0.3 is 5.91 Å². The van der Waals surface area contributed by atoms with Crippen LogP contribution in [0.3, 0.4) is 0 Å². The number of anilines is 1. The highest BCUT2D eigenvalue weighted by atomic mass is 35.5. The van der Waals surface area contributed by atoms with Crippen LogP contribution in [0.5, 0.6) is 0 Å². The maximum Gasteiger partial charge on any atom is 0.311 e. The molecule has 0 radical (unpaired) electrons. The molecule has 0 aliphatic heterocycles. The van der Waals surface area contributed by atoms with Gasteiger partial charge in [0.1, 0.15) is 5.82 Å². The lowest BCUT2D eigenvalue weighted by Crippen LogP contribution is -2.27. The first-order valence-corrected chi connectivity index (χ1v) is 8.76. The lowest BCUT2D eigenvalue weighted by atomic mass is 10.1. The molecular weight excluding hydrogens is 365 g/mol. The second-order valence-corrected chi connectivity index (χ2v) is 6.71. The Bertz CT molecular complexity index is 1130. The number of nitrogens with one attached hydrogen (secondary N) is 2. The van der Waals surface area contributed by atoms with E-state index in [0.717, 1.165) is 16.8 Å². The topological polar surface area (TPSA) is 49.0 Å². The van der Waals surface area contributed by atoms with Gasteiger partial charge in [-0.1, -0.05) is 11.6 Å². The zero-order valence-corrected chi connectivity index (χ0v) is 15.2. The third-order valence-corrected chi connectivity index (χ3v) is 4.56. The molecule has 4 rings (SSSR count). The van der Waals surface area contributed by atoms with Crippen molar-refractivity contribution in [2.24, 2.45) is 0 Å². The van der Waals surface area contributed by atoms with Crippen LogP contribution in [0.1, 0.15) is 15.9 Å². The number of hydrogen-bond donors (Lipinski definition) is 2. The van der Waals surface area contributed by atoms with Gasteiger partial charge < -0.3 is 0 Å². The first-order chi connectivity index (χ1) is 13.0. The van der Waals surface area contributed by atoms with Gasteiger partial charge in [0.15, 0.2) is 5.69 Å². The molecular formula is C21H16ClFN3O+. The molecule has 27 heavy (non-hydrogen) atoms. The molecule has 2 aromatic heterocycles. The fraction of sp³-hybridized carbons (Fsp3) is 0.0476. The minimum Gasteiger partial charge on any atom is -0.267 e. The maximum absolute atomic E-state index is 13.3. The minimum absolute atomic E-state index is 0.260. The van der Waals surface area contributed by atoms with Crippen molar-refractivity contribution in [3.63, 3.8) is 0 Å². The summed E-state index contributed by atoms with van der Waals surface area (Å²) in [7, 11) is 0. The fourth-order valence-corrected chi connectivity index (χ4v) is 3.06. The van der Waals surface area contributed by atoms with Crippen molar-refractivity contribution in [1.29, 1.82) is 0 Å². The largest absolute Gasteiger partial charge is 0.311 e. The van der Waals surface area contributed by atoms with Crippen LogP contribution >= 0.6 is 11.6 Å². The molecule has 0 saturated heterocycles. The van der Waals surface area contributed by atoms with Gasteiger partial charge in [-0.3, -0.25) is 9.78 Å². The smallest absolute Gasteiger partial charge is 0.267 e. The fourth-order valence-electron chi connectivity index (χ4n) is 2.93. The van der Waals surface area contributed by atoms with Crippen LogP contribution in [0.15, 0.2) is 66.9 Å². The number of carbonyl (C=O) groups excluding carboxylic acids is 1. The Labute approximate surface area is 160 Å². The van der Waals surface area contributed by atoms with E-state index in [9.17, 15) is 9.18 Å². The van der Waals surface area contributed by atoms with Gasteiger partial charge in [-0.05, 0) is 67.1 Å². The Morgan fingerprint density at radius 3 is 2.48 bits per heavy atom. The van der Waals surface area contributed by atoms with Gasteiger partial charge in [0, 0.05) is 16.7 Å². The zero-order chi connectivity index (χ0) is 19.0. The number of amides is 1. The number of pyridine rings is 1. The molecule has 0 atom stereocenters. The Balaban J connectivity index is 1.82. The molecule has 6 heteroatoms. The van der Waals surface area contributed by atoms with Crippen LogP contribution in [0.2, 0.25) is 5.02 Å². The lowest BCUT2D eigenvalue weighted by molar-refractivity contribution is -0.493. The average molecular weight is 381 g/mol. The number of rotatable bonds is 3. The summed E-state index contributed by atoms with van der Waals surface area (Å²) in [4.78, 5) is 16.0. The van der Waals surface area contributed by atoms with E-state index in [-0.39, 0.29) is 11.7 Å². The number of aryl methyl sites for hydroxylation is 1. The number of imidazole rings is 1. The molecule has 134 valence electrons. The summed E-state index contributed by atoms with van der Waals surface area (Å²) in [6.45, 7) is 1.99. The van der Waals surface area contributed by atoms with Crippen molar-refractivity contribution in [3.8, 4) is 11.3 Å². The number of aromatic nitrogens is 2. The van der Waals surface area contributed by atoms with Gasteiger partial charge in [0.05, 0.1) is 11.8 Å². The van der Waals surface area contributed by atoms with E-state index in [0.29, 0.717) is 22.1 Å². The van der Waals surface area contributed by atoms with Crippen molar-refractivity contribution in [1.82, 2.24) is 4.98 Å². The molecule has 0 aliphatic rings. The highest BCUT2D eigenvalue weighted by Gasteiger charge is 2.23. The summed E-state index contributed by atoms with van der Waals surface area (Å²) in [5.41, 5.74) is 3.86. The summed E-state index contributed by atoms with van der Waals surface area (Å²) in [5.74, 6) is 0.00525. The van der Waals surface area contributed by atoms with E-state index in [1.54, 1.807) is 36.4 Å². The predicted molar refractivity (Wildman–Crippen MR) is 103 cm³/mol. The number of halogens is 2. The van der Waals surface area contributed by atoms with E-state index in [1.165, 1.54) is 12.1 Å². The molecule has 0 saturated carbocycles. The summed E-state index contributed by atoms with van der Waals surface area (Å²) in [6, 6.07) is 16.7. The average Bonchev–Trinajstić information content (AvgIpc) is 3.00. The Morgan fingerprint density at radius 2 is 1.78 bits per heavy atom. The first-order valence-electron chi connectivity index (χ1n) is 8.38.